The van der Waals surface area contributed by atoms with Gasteiger partial charge in [0.25, 0.3) is 0 Å². The van der Waals surface area contributed by atoms with Crippen molar-refractivity contribution in [2.45, 2.75) is 25.6 Å². The molecule has 136 valence electrons. The molecule has 0 aliphatic heterocycles. The molecule has 1 aromatic heterocycles. The van der Waals surface area contributed by atoms with Gasteiger partial charge in [0.05, 0.1) is 18.1 Å². The fourth-order valence-electron chi connectivity index (χ4n) is 2.29. The maximum absolute atomic E-state index is 12.2. The van der Waals surface area contributed by atoms with Gasteiger partial charge < -0.3 is 10.6 Å². The highest BCUT2D eigenvalue weighted by atomic mass is 32.2. The Kier molecular flexibility index (Phi) is 7.94. The second-order valence-corrected chi connectivity index (χ2v) is 8.65. The predicted molar refractivity (Wildman–Crippen MR) is 106 cm³/mol. The summed E-state index contributed by atoms with van der Waals surface area (Å²) in [6, 6.07) is 11.3. The molecule has 0 unspecified atom stereocenters. The normalized spacial score (nSPS) is 12.1. The molecule has 0 bridgehead atoms. The Morgan fingerprint density at radius 2 is 1.92 bits per heavy atom. The van der Waals surface area contributed by atoms with Crippen LogP contribution in [0.25, 0.3) is 0 Å². The van der Waals surface area contributed by atoms with Crippen LogP contribution in [0.2, 0.25) is 0 Å². The van der Waals surface area contributed by atoms with Crippen molar-refractivity contribution >= 4 is 27.1 Å². The van der Waals surface area contributed by atoms with Crippen molar-refractivity contribution in [3.63, 3.8) is 0 Å². The van der Waals surface area contributed by atoms with Crippen LogP contribution in [0.15, 0.2) is 52.2 Å². The third-order valence-electron chi connectivity index (χ3n) is 3.50. The number of hydrogen-bond acceptors (Lipinski definition) is 4. The van der Waals surface area contributed by atoms with Crippen molar-refractivity contribution < 1.29 is 8.42 Å². The first-order valence-corrected chi connectivity index (χ1v) is 11.1. The highest BCUT2D eigenvalue weighted by Crippen LogP contribution is 2.08. The number of nitrogens with zero attached hydrogens (tertiary/aromatic N) is 1. The van der Waals surface area contributed by atoms with E-state index in [1.54, 1.807) is 11.3 Å². The molecule has 2 rings (SSSR count). The van der Waals surface area contributed by atoms with Crippen LogP contribution < -0.4 is 10.6 Å². The number of rotatable bonds is 9. The summed E-state index contributed by atoms with van der Waals surface area (Å²) < 4.78 is 24.4. The summed E-state index contributed by atoms with van der Waals surface area (Å²) in [6.45, 7) is 3.96. The lowest BCUT2D eigenvalue weighted by Gasteiger charge is -2.11. The molecule has 0 saturated heterocycles. The van der Waals surface area contributed by atoms with Gasteiger partial charge in [-0.25, -0.2) is 13.4 Å². The van der Waals surface area contributed by atoms with E-state index >= 15 is 0 Å². The van der Waals surface area contributed by atoms with Gasteiger partial charge in [0.1, 0.15) is 0 Å². The molecule has 0 aliphatic carbocycles. The lowest BCUT2D eigenvalue weighted by molar-refractivity contribution is 0.591. The molecular formula is C18H25N3O2S2. The van der Waals surface area contributed by atoms with E-state index in [0.717, 1.165) is 12.1 Å². The van der Waals surface area contributed by atoms with Crippen LogP contribution in [0.3, 0.4) is 0 Å². The summed E-state index contributed by atoms with van der Waals surface area (Å²) >= 11 is 1.65. The van der Waals surface area contributed by atoms with Crippen LogP contribution in [0.4, 0.5) is 0 Å². The van der Waals surface area contributed by atoms with Crippen LogP contribution in [0.5, 0.6) is 0 Å². The smallest absolute Gasteiger partial charge is 0.191 e. The van der Waals surface area contributed by atoms with Gasteiger partial charge in [-0.05, 0) is 41.3 Å². The first kappa shape index (κ1) is 19.5. The minimum absolute atomic E-state index is 0.0974. The largest absolute Gasteiger partial charge is 0.357 e. The predicted octanol–water partition coefficient (Wildman–Crippen LogP) is 2.81. The van der Waals surface area contributed by atoms with E-state index in [2.05, 4.69) is 21.0 Å². The fourth-order valence-corrected chi connectivity index (χ4v) is 4.38. The van der Waals surface area contributed by atoms with Crippen molar-refractivity contribution in [3.8, 4) is 0 Å². The maximum atomic E-state index is 12.2. The average molecular weight is 380 g/mol. The summed E-state index contributed by atoms with van der Waals surface area (Å²) in [7, 11) is -3.09. The van der Waals surface area contributed by atoms with Gasteiger partial charge in [0.15, 0.2) is 15.8 Å². The zero-order chi connectivity index (χ0) is 18.0. The average Bonchev–Trinajstić information content (AvgIpc) is 3.10. The number of guanidine groups is 1. The zero-order valence-corrected chi connectivity index (χ0v) is 16.1. The molecule has 2 aromatic rings. The molecule has 2 N–H and O–H groups in total. The van der Waals surface area contributed by atoms with Crippen molar-refractivity contribution in [1.82, 2.24) is 10.6 Å². The lowest BCUT2D eigenvalue weighted by Crippen LogP contribution is -2.38. The van der Waals surface area contributed by atoms with Gasteiger partial charge in [-0.15, -0.1) is 0 Å². The van der Waals surface area contributed by atoms with Crippen molar-refractivity contribution in [2.24, 2.45) is 4.99 Å². The van der Waals surface area contributed by atoms with Crippen LogP contribution in [0.1, 0.15) is 24.5 Å². The minimum Gasteiger partial charge on any atom is -0.357 e. The molecule has 0 saturated carbocycles. The van der Waals surface area contributed by atoms with Gasteiger partial charge in [0.2, 0.25) is 0 Å². The fraction of sp³-hybridized carbons (Fsp3) is 0.389. The molecule has 1 heterocycles. The molecular weight excluding hydrogens is 354 g/mol. The molecule has 0 aliphatic rings. The summed E-state index contributed by atoms with van der Waals surface area (Å²) in [5, 5.41) is 10.5. The standard InChI is InChI=1S/C18H25N3O2S2/c1-2-19-18(21-13-17-9-11-24-14-17)20-10-6-12-25(22,23)15-16-7-4-3-5-8-16/h3-5,7-9,11,14H,2,6,10,12-13,15H2,1H3,(H2,19,20,21). The van der Waals surface area contributed by atoms with Crippen molar-refractivity contribution in [3.05, 3.63) is 58.3 Å². The summed E-state index contributed by atoms with van der Waals surface area (Å²) in [5.74, 6) is 0.980. The van der Waals surface area contributed by atoms with E-state index in [9.17, 15) is 8.42 Å². The number of aliphatic imine (C=N–C) groups is 1. The molecule has 1 aromatic carbocycles. The van der Waals surface area contributed by atoms with Gasteiger partial charge in [-0.2, -0.15) is 11.3 Å². The topological polar surface area (TPSA) is 70.6 Å². The Balaban J connectivity index is 1.76. The van der Waals surface area contributed by atoms with Crippen LogP contribution >= 0.6 is 11.3 Å². The second-order valence-electron chi connectivity index (χ2n) is 5.68. The Morgan fingerprint density at radius 3 is 2.60 bits per heavy atom. The van der Waals surface area contributed by atoms with Crippen molar-refractivity contribution in [2.75, 3.05) is 18.8 Å². The summed E-state index contributed by atoms with van der Waals surface area (Å²) in [6.07, 6.45) is 0.554. The minimum atomic E-state index is -3.09. The maximum Gasteiger partial charge on any atom is 0.191 e. The molecule has 0 amide bonds. The molecule has 0 spiro atoms. The SMILES string of the molecule is CCNC(=NCc1ccsc1)NCCCS(=O)(=O)Cc1ccccc1. The Morgan fingerprint density at radius 1 is 1.12 bits per heavy atom. The third-order valence-corrected chi connectivity index (χ3v) is 5.91. The quantitative estimate of drug-likeness (QED) is 0.399. The summed E-state index contributed by atoms with van der Waals surface area (Å²) in [5.41, 5.74) is 2.01. The zero-order valence-electron chi connectivity index (χ0n) is 14.4. The number of benzene rings is 1. The Hall–Kier alpha value is -1.86. The number of nitrogens with one attached hydrogen (secondary N) is 2. The lowest BCUT2D eigenvalue weighted by atomic mass is 10.2. The van der Waals surface area contributed by atoms with Crippen LogP contribution in [-0.4, -0.2) is 33.2 Å². The first-order valence-electron chi connectivity index (χ1n) is 8.36. The van der Waals surface area contributed by atoms with E-state index in [-0.39, 0.29) is 11.5 Å². The van der Waals surface area contributed by atoms with Gasteiger partial charge >= 0.3 is 0 Å². The van der Waals surface area contributed by atoms with E-state index < -0.39 is 9.84 Å². The first-order chi connectivity index (χ1) is 12.1. The Bertz CT molecular complexity index is 742. The number of thiophene rings is 1. The van der Waals surface area contributed by atoms with Gasteiger partial charge in [-0.1, -0.05) is 30.3 Å². The van der Waals surface area contributed by atoms with E-state index in [0.29, 0.717) is 25.5 Å². The van der Waals surface area contributed by atoms with E-state index in [4.69, 9.17) is 0 Å². The molecule has 0 atom stereocenters. The highest BCUT2D eigenvalue weighted by molar-refractivity contribution is 7.90. The van der Waals surface area contributed by atoms with Crippen molar-refractivity contribution in [1.29, 1.82) is 0 Å². The van der Waals surface area contributed by atoms with Gasteiger partial charge in [-0.3, -0.25) is 0 Å². The second kappa shape index (κ2) is 10.2. The van der Waals surface area contributed by atoms with E-state index in [1.165, 1.54) is 5.56 Å². The summed E-state index contributed by atoms with van der Waals surface area (Å²) in [4.78, 5) is 4.51. The number of sulfone groups is 1. The number of hydrogen-bond donors (Lipinski definition) is 2. The third kappa shape index (κ3) is 7.70. The monoisotopic (exact) mass is 379 g/mol. The molecule has 7 heteroatoms. The molecule has 0 fully saturated rings. The Labute approximate surface area is 154 Å². The van der Waals surface area contributed by atoms with Gasteiger partial charge in [0, 0.05) is 13.1 Å². The van der Waals surface area contributed by atoms with Crippen LogP contribution in [-0.2, 0) is 22.1 Å². The highest BCUT2D eigenvalue weighted by Gasteiger charge is 2.11. The molecule has 0 radical (unpaired) electrons. The van der Waals surface area contributed by atoms with Crippen LogP contribution in [0, 0.1) is 0 Å². The molecule has 25 heavy (non-hydrogen) atoms. The molecule has 5 nitrogen and oxygen atoms in total. The van der Waals surface area contributed by atoms with E-state index in [1.807, 2.05) is 48.7 Å².